The molecule has 0 aliphatic heterocycles. The van der Waals surface area contributed by atoms with Gasteiger partial charge < -0.3 is 26.8 Å². The van der Waals surface area contributed by atoms with Crippen LogP contribution in [0.15, 0.2) is 161 Å². The van der Waals surface area contributed by atoms with E-state index in [0.29, 0.717) is 33.9 Å². The summed E-state index contributed by atoms with van der Waals surface area (Å²) in [7, 11) is -22.9. The molecule has 0 spiro atoms. The minimum Gasteiger partial charge on any atom is -0.353 e. The van der Waals surface area contributed by atoms with Crippen LogP contribution in [0, 0.1) is 13.8 Å². The molecule has 404 valence electrons. The lowest BCUT2D eigenvalue weighted by molar-refractivity contribution is 0.481. The van der Waals surface area contributed by atoms with Crippen LogP contribution in [0.4, 0.5) is 74.7 Å². The van der Waals surface area contributed by atoms with Crippen LogP contribution in [-0.4, -0.2) is 92.1 Å². The molecule has 12 N–H and O–H groups in total. The highest BCUT2D eigenvalue weighted by molar-refractivity contribution is 7.87. The second-order valence-corrected chi connectivity index (χ2v) is 23.2. The van der Waals surface area contributed by atoms with E-state index in [-0.39, 0.29) is 68.3 Å². The van der Waals surface area contributed by atoms with Gasteiger partial charge in [-0.2, -0.15) is 77.5 Å². The van der Waals surface area contributed by atoms with Gasteiger partial charge in [0.2, 0.25) is 17.8 Å². The first kappa shape index (κ1) is 56.4. The quantitative estimate of drug-likeness (QED) is 0.0174. The van der Waals surface area contributed by atoms with E-state index < -0.39 is 66.1 Å². The van der Waals surface area contributed by atoms with Crippen molar-refractivity contribution >= 4 is 125 Å². The van der Waals surface area contributed by atoms with Crippen molar-refractivity contribution < 1.29 is 64.9 Å². The Morgan fingerprint density at radius 2 is 0.740 bits per heavy atom. The number of nitrogens with zero attached hydrogens (tertiary/aromatic N) is 7. The van der Waals surface area contributed by atoms with Crippen molar-refractivity contribution in [3.63, 3.8) is 0 Å². The Balaban J connectivity index is 1.03. The Hall–Kier alpha value is -8.32. The van der Waals surface area contributed by atoms with Gasteiger partial charge >= 0.3 is 0 Å². The lowest BCUT2D eigenvalue weighted by atomic mass is 10.2. The molecule has 0 amide bonds. The van der Waals surface area contributed by atoms with Crippen molar-refractivity contribution in [1.82, 2.24) is 15.0 Å². The van der Waals surface area contributed by atoms with Gasteiger partial charge in [0.1, 0.15) is 9.79 Å². The largest absolute Gasteiger partial charge is 0.353 e. The molecule has 34 heteroatoms. The average Bonchev–Trinajstić information content (AvgIpc) is 3.34. The third-order valence-corrected chi connectivity index (χ3v) is 14.5. The van der Waals surface area contributed by atoms with Gasteiger partial charge in [0.15, 0.2) is 0 Å². The molecule has 0 atom stereocenters. The number of nitrogens with one attached hydrogen (secondary N) is 7. The zero-order valence-electron chi connectivity index (χ0n) is 39.5. The maximum atomic E-state index is 12.4. The molecule has 0 bridgehead atoms. The first-order valence-corrected chi connectivity index (χ1v) is 28.9. The molecule has 1 heterocycles. The number of aromatic nitrogens is 3. The van der Waals surface area contributed by atoms with Crippen molar-refractivity contribution in [3.8, 4) is 0 Å². The fraction of sp³-hybridized carbons (Fsp3) is 0.0930. The van der Waals surface area contributed by atoms with Gasteiger partial charge in [0.05, 0.1) is 61.0 Å². The van der Waals surface area contributed by atoms with Crippen LogP contribution in [0.1, 0.15) is 11.1 Å². The van der Waals surface area contributed by atoms with Crippen molar-refractivity contribution in [2.24, 2.45) is 20.5 Å². The molecule has 0 saturated carbocycles. The van der Waals surface area contributed by atoms with Crippen molar-refractivity contribution in [1.29, 1.82) is 0 Å². The van der Waals surface area contributed by atoms with Gasteiger partial charge in [-0.3, -0.25) is 33.6 Å². The van der Waals surface area contributed by atoms with Gasteiger partial charge in [-0.15, -0.1) is 0 Å². The van der Waals surface area contributed by atoms with E-state index in [0.717, 1.165) is 36.4 Å². The Morgan fingerprint density at radius 1 is 0.403 bits per heavy atom. The monoisotopic (exact) mass is 1150 g/mol. The molecule has 1 aromatic heterocycles. The third-order valence-electron chi connectivity index (χ3n) is 10.2. The van der Waals surface area contributed by atoms with E-state index >= 15 is 0 Å². The molecule has 0 aliphatic carbocycles. The number of hydrazine groups is 2. The molecule has 77 heavy (non-hydrogen) atoms. The molecule has 7 rings (SSSR count). The second kappa shape index (κ2) is 22.9. The van der Waals surface area contributed by atoms with Crippen LogP contribution in [0.3, 0.4) is 0 Å². The zero-order valence-corrected chi connectivity index (χ0v) is 43.5. The van der Waals surface area contributed by atoms with Crippen molar-refractivity contribution in [3.05, 3.63) is 132 Å². The highest BCUT2D eigenvalue weighted by atomic mass is 32.2. The molecule has 7 aromatic rings. The molecule has 6 aromatic carbocycles. The number of benzene rings is 6. The summed E-state index contributed by atoms with van der Waals surface area (Å²) in [5, 5.41) is 24.5. The van der Waals surface area contributed by atoms with E-state index in [2.05, 4.69) is 73.1 Å². The van der Waals surface area contributed by atoms with Crippen LogP contribution in [-0.2, 0) is 50.6 Å². The van der Waals surface area contributed by atoms with Gasteiger partial charge in [0.25, 0.3) is 50.6 Å². The first-order chi connectivity index (χ1) is 36.1. The van der Waals surface area contributed by atoms with E-state index in [9.17, 15) is 64.9 Å². The Morgan fingerprint density at radius 3 is 1.09 bits per heavy atom. The predicted octanol–water partition coefficient (Wildman–Crippen LogP) is 7.97. The van der Waals surface area contributed by atoms with E-state index in [1.54, 1.807) is 50.2 Å². The minimum absolute atomic E-state index is 0.0106. The average molecular weight is 1160 g/mol. The number of aryl methyl sites for hydroxylation is 2. The minimum atomic E-state index is -4.82. The van der Waals surface area contributed by atoms with Crippen LogP contribution in [0.5, 0.6) is 0 Å². The predicted molar refractivity (Wildman–Crippen MR) is 282 cm³/mol. The third kappa shape index (κ3) is 16.1. The highest BCUT2D eigenvalue weighted by Crippen LogP contribution is 2.32. The van der Waals surface area contributed by atoms with E-state index in [1.165, 1.54) is 48.5 Å². The van der Waals surface area contributed by atoms with Crippen molar-refractivity contribution in [2.75, 3.05) is 50.0 Å². The number of hydrogen-bond donors (Lipinski definition) is 12. The fourth-order valence-electron chi connectivity index (χ4n) is 6.53. The highest BCUT2D eigenvalue weighted by Gasteiger charge is 2.20. The van der Waals surface area contributed by atoms with Crippen molar-refractivity contribution in [2.45, 2.75) is 33.4 Å². The molecular formula is C43H42N14O15S5. The van der Waals surface area contributed by atoms with Gasteiger partial charge in [-0.1, -0.05) is 0 Å². The van der Waals surface area contributed by atoms with Gasteiger partial charge in [0, 0.05) is 17.9 Å². The number of hydrogen-bond acceptors (Lipinski definition) is 24. The Bertz CT molecular complexity index is 3790. The summed E-state index contributed by atoms with van der Waals surface area (Å²) in [6, 6.07) is 26.7. The van der Waals surface area contributed by atoms with Gasteiger partial charge in [-0.25, -0.2) is 0 Å². The normalized spacial score (nSPS) is 12.4. The summed E-state index contributed by atoms with van der Waals surface area (Å²) in [5.74, 6) is -0.834. The lowest BCUT2D eigenvalue weighted by Gasteiger charge is -2.16. The molecule has 0 aliphatic rings. The van der Waals surface area contributed by atoms with Crippen LogP contribution in [0.25, 0.3) is 0 Å². The maximum absolute atomic E-state index is 12.4. The lowest BCUT2D eigenvalue weighted by Crippen LogP contribution is -2.17. The number of azo groups is 2. The maximum Gasteiger partial charge on any atom is 0.296 e. The topological polar surface area (TPSA) is 444 Å². The summed E-state index contributed by atoms with van der Waals surface area (Å²) in [6.07, 6.45) is 0. The van der Waals surface area contributed by atoms with Crippen LogP contribution >= 0.6 is 0 Å². The molecule has 0 fully saturated rings. The number of anilines is 9. The van der Waals surface area contributed by atoms with Crippen LogP contribution in [0.2, 0.25) is 0 Å². The fourth-order valence-corrected chi connectivity index (χ4v) is 9.18. The summed E-state index contributed by atoms with van der Waals surface area (Å²) in [5.41, 5.74) is 14.5. The zero-order chi connectivity index (χ0) is 55.9. The standard InChI is InChI=1S/C43H42N14O15S5/c1-25-21-29(7-15-35(25)54-56-37-17-9-31(23-39(37)76(67,68)69)52-50-27-3-11-33(12-4-27)74(61,62)63)45-42-47-41(44-19-20-73(58,59)60)48-43(49-42)46-30-8-16-36(26(2)22-30)55-57-38-18-10-32(24-40(38)77(70,71)72)53-51-28-5-13-34(14-6-28)75(64,65)66/h3-18,21-24,54-57H,19-20H2,1-2H3,(H,58,59,60)(H,61,62,63)(H,64,65,66)(H,67,68,69)(H,70,71,72)(H3,44,45,46,47,48,49). The molecule has 0 unspecified atom stereocenters. The summed E-state index contributed by atoms with van der Waals surface area (Å²) >= 11 is 0. The Labute approximate surface area is 439 Å². The second-order valence-electron chi connectivity index (χ2n) is 16.0. The smallest absolute Gasteiger partial charge is 0.296 e. The van der Waals surface area contributed by atoms with E-state index in [1.807, 2.05) is 0 Å². The number of rotatable bonds is 22. The molecular weight excluding hydrogens is 1110 g/mol. The Kier molecular flexibility index (Phi) is 16.8. The van der Waals surface area contributed by atoms with E-state index in [4.69, 9.17) is 0 Å². The summed E-state index contributed by atoms with van der Waals surface area (Å²) in [4.78, 5) is 11.2. The van der Waals surface area contributed by atoms with Crippen LogP contribution < -0.4 is 37.7 Å². The summed E-state index contributed by atoms with van der Waals surface area (Å²) in [6.45, 7) is 3.14. The molecule has 0 radical (unpaired) electrons. The molecule has 0 saturated heterocycles. The van der Waals surface area contributed by atoms with Gasteiger partial charge in [-0.05, 0) is 146 Å². The summed E-state index contributed by atoms with van der Waals surface area (Å²) < 4.78 is 165. The molecule has 29 nitrogen and oxygen atoms in total. The first-order valence-electron chi connectivity index (χ1n) is 21.5. The SMILES string of the molecule is Cc1cc(Nc2nc(NCCS(=O)(=O)O)nc(Nc3ccc(NNc4ccc(N=Nc5ccc(S(=O)(=O)O)cc5)cc4S(=O)(=O)O)c(C)c3)n2)ccc1NNc1ccc(N=Nc2ccc(S(=O)(=O)O)cc2)cc1S(=O)(=O)O.